The van der Waals surface area contributed by atoms with Gasteiger partial charge in [-0.3, -0.25) is 4.52 Å². The van der Waals surface area contributed by atoms with Gasteiger partial charge < -0.3 is 74.4 Å². The molecule has 2 aromatic heterocycles. The summed E-state index contributed by atoms with van der Waals surface area (Å²) in [4.78, 5) is 40.8. The van der Waals surface area contributed by atoms with E-state index in [-0.39, 0.29) is 17.7 Å². The lowest BCUT2D eigenvalue weighted by Crippen LogP contribution is -2.46. The summed E-state index contributed by atoms with van der Waals surface area (Å²) in [7, 11) is -4.80. The average Bonchev–Trinajstić information content (AvgIpc) is 3.61. The van der Waals surface area contributed by atoms with Crippen molar-refractivity contribution in [3.63, 3.8) is 0 Å². The molecule has 3 aliphatic heterocycles. The van der Waals surface area contributed by atoms with Crippen LogP contribution in [0.15, 0.2) is 49.1 Å². The number of pyridine rings is 2. The first kappa shape index (κ1) is 39.7. The van der Waals surface area contributed by atoms with Crippen LogP contribution in [0.3, 0.4) is 0 Å². The van der Waals surface area contributed by atoms with Crippen LogP contribution in [0.25, 0.3) is 0 Å². The van der Waals surface area contributed by atoms with Gasteiger partial charge in [0.1, 0.15) is 54.4 Å². The number of ether oxygens (including phenoxy) is 4. The maximum atomic E-state index is 12.4. The number of carbonyl (C=O) groups is 2. The Kier molecular flexibility index (Phi) is 12.8. The zero-order valence-corrected chi connectivity index (χ0v) is 27.5. The Labute approximate surface area is 284 Å². The lowest BCUT2D eigenvalue weighted by Gasteiger charge is -2.24. The number of aromatic nitrogens is 2. The Morgan fingerprint density at radius 1 is 0.860 bits per heavy atom. The maximum Gasteiger partial charge on any atom is 0.469 e. The van der Waals surface area contributed by atoms with E-state index in [1.165, 1.54) is 65.1 Å². The van der Waals surface area contributed by atoms with Crippen LogP contribution >= 0.6 is 7.82 Å². The summed E-state index contributed by atoms with van der Waals surface area (Å²) in [6, 6.07) is 5.69. The minimum absolute atomic E-state index is 0.0556. The standard InChI is InChI=1S/C18H26NO12P.C11H13NO6/c1-9-18(2,24)15(22)12(30-9)7-28-17(23)10-4-3-5-19(6-10)16-14(21)13(20)11(31-16)8-29-32(25,26)27;13-5-7-8(14)9(15)10(18-7)12-3-1-2-6(4-12)11(16)17/h3-6,9,11-16,20-22,24H,7-8H2,1-2H3,(H-,25,26,27);1-4,7-10,13-15H,5H2/p+1/t9-,11+,12+,13+,14+,15+,16+,18-;7-,8-,9-,10-/m01/s1. The van der Waals surface area contributed by atoms with Crippen molar-refractivity contribution in [1.82, 2.24) is 0 Å². The number of aromatic carboxylic acids is 1. The van der Waals surface area contributed by atoms with Crippen LogP contribution < -0.4 is 14.2 Å². The molecule has 0 spiro atoms. The Bertz CT molecular complexity index is 1540. The summed E-state index contributed by atoms with van der Waals surface area (Å²) >= 11 is 0. The van der Waals surface area contributed by atoms with Gasteiger partial charge in [-0.15, -0.1) is 0 Å². The predicted octanol–water partition coefficient (Wildman–Crippen LogP) is -5.29. The zero-order valence-electron chi connectivity index (χ0n) is 26.6. The number of hydrogen-bond donors (Lipinski definition) is 9. The highest BCUT2D eigenvalue weighted by Gasteiger charge is 2.51. The highest BCUT2D eigenvalue weighted by atomic mass is 31.2. The highest BCUT2D eigenvalue weighted by molar-refractivity contribution is 7.46. The molecule has 0 unspecified atom stereocenters. The monoisotopic (exact) mass is 735 g/mol. The number of phosphoric ester groups is 1. The number of esters is 1. The van der Waals surface area contributed by atoms with Gasteiger partial charge in [0.15, 0.2) is 37.0 Å². The summed E-state index contributed by atoms with van der Waals surface area (Å²) < 4.78 is 39.1. The average molecular weight is 736 g/mol. The number of carboxylic acids is 1. The molecule has 0 saturated carbocycles. The van der Waals surface area contributed by atoms with Crippen molar-refractivity contribution in [1.29, 1.82) is 0 Å². The minimum atomic E-state index is -4.80. The SMILES string of the molecule is C[C@@H]1O[C@H](COC(=O)c2ccc[n+]([C@@H]3O[C@H](COP(=O)(O)O)[C@@H](O)[C@H]3O)c2)[C@@H](O)[C@@]1(C)O.O=C([O-])c1ccc[n+]([C@@H]2O[C@H](CO)[C@@H](O)[C@H]2O)c1. The first-order valence-electron chi connectivity index (χ1n) is 15.2. The molecule has 0 bridgehead atoms. The van der Waals surface area contributed by atoms with E-state index in [9.17, 15) is 49.9 Å². The van der Waals surface area contributed by atoms with E-state index in [4.69, 9.17) is 33.8 Å². The van der Waals surface area contributed by atoms with Crippen molar-refractivity contribution in [3.8, 4) is 0 Å². The molecular formula is C29H40N2O18P+. The van der Waals surface area contributed by atoms with Crippen LogP contribution in [0.1, 0.15) is 47.0 Å². The predicted molar refractivity (Wildman–Crippen MR) is 156 cm³/mol. The van der Waals surface area contributed by atoms with Crippen molar-refractivity contribution in [3.05, 3.63) is 60.2 Å². The fraction of sp³-hybridized carbons (Fsp3) is 0.586. The van der Waals surface area contributed by atoms with Crippen LogP contribution in [-0.4, -0.2) is 138 Å². The molecule has 21 heteroatoms. The Balaban J connectivity index is 0.000000263. The van der Waals surface area contributed by atoms with E-state index in [1.807, 2.05) is 0 Å². The number of nitrogens with zero attached hydrogens (tertiary/aromatic N) is 2. The van der Waals surface area contributed by atoms with Crippen molar-refractivity contribution < 1.29 is 97.4 Å². The summed E-state index contributed by atoms with van der Waals surface area (Å²) in [5, 5.41) is 79.7. The molecule has 50 heavy (non-hydrogen) atoms. The molecule has 3 fully saturated rings. The lowest BCUT2D eigenvalue weighted by atomic mass is 9.94. The van der Waals surface area contributed by atoms with Gasteiger partial charge in [0, 0.05) is 12.1 Å². The molecule has 3 aliphatic rings. The van der Waals surface area contributed by atoms with Crippen LogP contribution in [0, 0.1) is 0 Å². The van der Waals surface area contributed by atoms with Crippen molar-refractivity contribution in [2.24, 2.45) is 0 Å². The number of aliphatic hydroxyl groups excluding tert-OH is 6. The molecule has 0 radical (unpaired) electrons. The number of carboxylic acid groups (broad SMARTS) is 1. The second-order valence-electron chi connectivity index (χ2n) is 12.0. The van der Waals surface area contributed by atoms with E-state index >= 15 is 0 Å². The number of aliphatic hydroxyl groups is 7. The first-order valence-corrected chi connectivity index (χ1v) is 16.7. The number of carbonyl (C=O) groups excluding carboxylic acids is 2. The van der Waals surface area contributed by atoms with Gasteiger partial charge in [0.05, 0.1) is 30.9 Å². The van der Waals surface area contributed by atoms with Crippen LogP contribution in [0.2, 0.25) is 0 Å². The van der Waals surface area contributed by atoms with Crippen LogP contribution in [-0.2, 0) is 28.0 Å². The molecule has 20 nitrogen and oxygen atoms in total. The van der Waals surface area contributed by atoms with Crippen LogP contribution in [0.4, 0.5) is 0 Å². The highest BCUT2D eigenvalue weighted by Crippen LogP contribution is 2.38. The molecular weight excluding hydrogens is 695 g/mol. The third kappa shape index (κ3) is 9.05. The fourth-order valence-corrected chi connectivity index (χ4v) is 5.76. The van der Waals surface area contributed by atoms with E-state index < -0.39 is 106 Å². The first-order chi connectivity index (χ1) is 23.3. The second kappa shape index (κ2) is 16.1. The summed E-state index contributed by atoms with van der Waals surface area (Å²) in [5.41, 5.74) is -1.50. The van der Waals surface area contributed by atoms with Gasteiger partial charge in [0.2, 0.25) is 0 Å². The molecule has 9 N–H and O–H groups in total. The quantitative estimate of drug-likeness (QED) is 0.0625. The maximum absolute atomic E-state index is 12.4. The van der Waals surface area contributed by atoms with Crippen molar-refractivity contribution in [2.75, 3.05) is 19.8 Å². The lowest BCUT2D eigenvalue weighted by molar-refractivity contribution is -0.766. The Morgan fingerprint density at radius 2 is 1.38 bits per heavy atom. The normalized spacial score (nSPS) is 35.4. The molecule has 0 amide bonds. The largest absolute Gasteiger partial charge is 0.545 e. The van der Waals surface area contributed by atoms with Gasteiger partial charge in [0.25, 0.3) is 12.5 Å². The smallest absolute Gasteiger partial charge is 0.469 e. The third-order valence-corrected chi connectivity index (χ3v) is 8.98. The number of rotatable bonds is 10. The van der Waals surface area contributed by atoms with Gasteiger partial charge in [-0.05, 0) is 26.0 Å². The molecule has 2 aromatic rings. The minimum Gasteiger partial charge on any atom is -0.545 e. The zero-order chi connectivity index (χ0) is 37.1. The van der Waals surface area contributed by atoms with Gasteiger partial charge in [-0.2, -0.15) is 9.13 Å². The van der Waals surface area contributed by atoms with Gasteiger partial charge >= 0.3 is 13.8 Å². The van der Waals surface area contributed by atoms with Gasteiger partial charge in [-0.25, -0.2) is 9.36 Å². The van der Waals surface area contributed by atoms with E-state index in [0.717, 1.165) is 0 Å². The Hall–Kier alpha value is -3.05. The van der Waals surface area contributed by atoms with Crippen molar-refractivity contribution in [2.45, 2.75) is 86.8 Å². The molecule has 5 rings (SSSR count). The second-order valence-corrected chi connectivity index (χ2v) is 13.3. The molecule has 5 heterocycles. The third-order valence-electron chi connectivity index (χ3n) is 8.50. The Morgan fingerprint density at radius 3 is 1.86 bits per heavy atom. The summed E-state index contributed by atoms with van der Waals surface area (Å²) in [5.74, 6) is -2.13. The topological polar surface area (TPSA) is 310 Å². The van der Waals surface area contributed by atoms with E-state index in [0.29, 0.717) is 0 Å². The van der Waals surface area contributed by atoms with Crippen molar-refractivity contribution >= 4 is 19.8 Å². The molecule has 0 aromatic carbocycles. The summed E-state index contributed by atoms with van der Waals surface area (Å²) in [6.07, 6.45) is -7.02. The number of phosphoric acid groups is 1. The molecule has 278 valence electrons. The van der Waals surface area contributed by atoms with E-state index in [1.54, 1.807) is 6.92 Å². The number of hydrogen-bond acceptors (Lipinski definition) is 16. The molecule has 0 aliphatic carbocycles. The summed E-state index contributed by atoms with van der Waals surface area (Å²) in [6.45, 7) is 1.61. The molecule has 12 atom stereocenters. The van der Waals surface area contributed by atoms with Gasteiger partial charge in [-0.1, -0.05) is 0 Å². The molecule has 3 saturated heterocycles. The fourth-order valence-electron chi connectivity index (χ4n) is 5.42. The van der Waals surface area contributed by atoms with E-state index in [2.05, 4.69) is 4.52 Å². The van der Waals surface area contributed by atoms with Crippen LogP contribution in [0.5, 0.6) is 0 Å².